The fourth-order valence-electron chi connectivity index (χ4n) is 1.87. The predicted octanol–water partition coefficient (Wildman–Crippen LogP) is 0.449. The van der Waals surface area contributed by atoms with Crippen molar-refractivity contribution in [2.24, 2.45) is 0 Å². The van der Waals surface area contributed by atoms with Crippen molar-refractivity contribution in [1.82, 2.24) is 5.16 Å². The summed E-state index contributed by atoms with van der Waals surface area (Å²) in [7, 11) is -3.05. The molecule has 1 aromatic rings. The fourth-order valence-corrected chi connectivity index (χ4v) is 4.03. The van der Waals surface area contributed by atoms with Crippen molar-refractivity contribution in [3.63, 3.8) is 0 Å². The Labute approximate surface area is 92.2 Å². The monoisotopic (exact) mass is 245 g/mol. The van der Waals surface area contributed by atoms with E-state index >= 15 is 0 Å². The van der Waals surface area contributed by atoms with E-state index < -0.39 is 21.2 Å². The largest absolute Gasteiger partial charge is 0.476 e. The van der Waals surface area contributed by atoms with Crippen LogP contribution in [0.1, 0.15) is 29.6 Å². The molecule has 1 saturated heterocycles. The molecular formula is C9H11NO5S. The van der Waals surface area contributed by atoms with Crippen LogP contribution in [0.2, 0.25) is 0 Å². The summed E-state index contributed by atoms with van der Waals surface area (Å²) in [6, 6.07) is 1.29. The maximum atomic E-state index is 11.4. The number of carboxylic acid groups (broad SMARTS) is 1. The molecule has 6 nitrogen and oxygen atoms in total. The van der Waals surface area contributed by atoms with Crippen molar-refractivity contribution in [3.8, 4) is 0 Å². The molecule has 0 spiro atoms. The van der Waals surface area contributed by atoms with E-state index in [9.17, 15) is 13.2 Å². The van der Waals surface area contributed by atoms with E-state index in [4.69, 9.17) is 9.63 Å². The van der Waals surface area contributed by atoms with Crippen molar-refractivity contribution in [2.45, 2.75) is 18.8 Å². The molecule has 88 valence electrons. The number of aromatic carboxylic acids is 1. The Kier molecular flexibility index (Phi) is 2.30. The van der Waals surface area contributed by atoms with Crippen LogP contribution >= 0.6 is 0 Å². The summed E-state index contributed by atoms with van der Waals surface area (Å²) in [6.07, 6.45) is 0.434. The third kappa shape index (κ3) is 1.82. The first-order chi connectivity index (χ1) is 7.32. The van der Waals surface area contributed by atoms with Gasteiger partial charge in [-0.1, -0.05) is 12.1 Å². The van der Waals surface area contributed by atoms with Gasteiger partial charge in [0.1, 0.15) is 5.76 Å². The minimum atomic E-state index is -3.05. The first-order valence-electron chi connectivity index (χ1n) is 4.73. The maximum Gasteiger partial charge on any atom is 0.358 e. The van der Waals surface area contributed by atoms with Crippen LogP contribution in [-0.4, -0.2) is 36.2 Å². The number of sulfone groups is 1. The molecule has 1 fully saturated rings. The minimum absolute atomic E-state index is 0.0196. The first-order valence-corrected chi connectivity index (χ1v) is 6.55. The van der Waals surface area contributed by atoms with Gasteiger partial charge in [-0.25, -0.2) is 13.2 Å². The van der Waals surface area contributed by atoms with Crippen molar-refractivity contribution in [3.05, 3.63) is 17.5 Å². The highest BCUT2D eigenvalue weighted by Crippen LogP contribution is 2.35. The lowest BCUT2D eigenvalue weighted by Crippen LogP contribution is -2.22. The summed E-state index contributed by atoms with van der Waals surface area (Å²) in [5, 5.41) is 12.1. The molecule has 1 aliphatic rings. The minimum Gasteiger partial charge on any atom is -0.476 e. The van der Waals surface area contributed by atoms with E-state index in [1.807, 2.05) is 0 Å². The number of hydrogen-bond donors (Lipinski definition) is 1. The van der Waals surface area contributed by atoms with Crippen LogP contribution < -0.4 is 0 Å². The fraction of sp³-hybridized carbons (Fsp3) is 0.556. The quantitative estimate of drug-likeness (QED) is 0.812. The highest BCUT2D eigenvalue weighted by Gasteiger charge is 2.42. The van der Waals surface area contributed by atoms with Gasteiger partial charge in [-0.3, -0.25) is 0 Å². The van der Waals surface area contributed by atoms with E-state index in [0.717, 1.165) is 0 Å². The van der Waals surface area contributed by atoms with E-state index in [0.29, 0.717) is 12.2 Å². The van der Waals surface area contributed by atoms with Crippen LogP contribution in [-0.2, 0) is 15.3 Å². The van der Waals surface area contributed by atoms with Gasteiger partial charge in [0.15, 0.2) is 15.5 Å². The zero-order valence-electron chi connectivity index (χ0n) is 8.63. The normalized spacial score (nSPS) is 28.1. The second-order valence-corrected chi connectivity index (χ2v) is 6.47. The molecule has 7 heteroatoms. The van der Waals surface area contributed by atoms with Crippen molar-refractivity contribution in [2.75, 3.05) is 11.5 Å². The zero-order valence-corrected chi connectivity index (χ0v) is 9.45. The van der Waals surface area contributed by atoms with Gasteiger partial charge in [0.2, 0.25) is 0 Å². The Bertz CT molecular complexity index is 532. The Morgan fingerprint density at radius 1 is 1.62 bits per heavy atom. The van der Waals surface area contributed by atoms with E-state index in [1.54, 1.807) is 6.92 Å². The number of nitrogens with zero attached hydrogens (tertiary/aromatic N) is 1. The van der Waals surface area contributed by atoms with Crippen molar-refractivity contribution in [1.29, 1.82) is 0 Å². The van der Waals surface area contributed by atoms with Crippen molar-refractivity contribution >= 4 is 15.8 Å². The smallest absolute Gasteiger partial charge is 0.358 e. The Balaban J connectivity index is 2.34. The van der Waals surface area contributed by atoms with Crippen LogP contribution in [0.3, 0.4) is 0 Å². The second kappa shape index (κ2) is 3.31. The Morgan fingerprint density at radius 3 is 2.75 bits per heavy atom. The highest BCUT2D eigenvalue weighted by molar-refractivity contribution is 7.91. The zero-order chi connectivity index (χ0) is 12.0. The topological polar surface area (TPSA) is 97.5 Å². The number of hydrogen-bond acceptors (Lipinski definition) is 5. The molecule has 2 rings (SSSR count). The second-order valence-electron chi connectivity index (χ2n) is 4.28. The molecule has 1 unspecified atom stereocenters. The van der Waals surface area contributed by atoms with Gasteiger partial charge < -0.3 is 9.63 Å². The summed E-state index contributed by atoms with van der Waals surface area (Å²) in [4.78, 5) is 10.6. The molecular weight excluding hydrogens is 234 g/mol. The maximum absolute atomic E-state index is 11.4. The lowest BCUT2D eigenvalue weighted by molar-refractivity contribution is 0.0685. The summed E-state index contributed by atoms with van der Waals surface area (Å²) in [6.45, 7) is 1.74. The molecule has 1 aliphatic heterocycles. The molecule has 1 N–H and O–H groups in total. The SMILES string of the molecule is CC1(c2cc(C(=O)O)no2)CCS(=O)(=O)C1. The summed E-state index contributed by atoms with van der Waals surface area (Å²) in [5.74, 6) is -0.772. The Morgan fingerprint density at radius 2 is 2.31 bits per heavy atom. The molecule has 1 atom stereocenters. The number of carbonyl (C=O) groups is 1. The summed E-state index contributed by atoms with van der Waals surface area (Å²) >= 11 is 0. The molecule has 0 bridgehead atoms. The van der Waals surface area contributed by atoms with Crippen LogP contribution in [0.5, 0.6) is 0 Å². The lowest BCUT2D eigenvalue weighted by Gasteiger charge is -2.16. The lowest BCUT2D eigenvalue weighted by atomic mass is 9.87. The van der Waals surface area contributed by atoms with Gasteiger partial charge in [0, 0.05) is 11.5 Å². The summed E-state index contributed by atoms with van der Waals surface area (Å²) < 4.78 is 27.7. The number of rotatable bonds is 2. The van der Waals surface area contributed by atoms with Crippen molar-refractivity contribution < 1.29 is 22.8 Å². The molecule has 0 radical (unpaired) electrons. The molecule has 16 heavy (non-hydrogen) atoms. The van der Waals surface area contributed by atoms with Crippen LogP contribution in [0.4, 0.5) is 0 Å². The van der Waals surface area contributed by atoms with Gasteiger partial charge in [0.25, 0.3) is 0 Å². The Hall–Kier alpha value is -1.37. The molecule has 0 aliphatic carbocycles. The van der Waals surface area contributed by atoms with Gasteiger partial charge in [-0.2, -0.15) is 0 Å². The average Bonchev–Trinajstić information content (AvgIpc) is 2.71. The highest BCUT2D eigenvalue weighted by atomic mass is 32.2. The van der Waals surface area contributed by atoms with Crippen LogP contribution in [0.15, 0.2) is 10.6 Å². The van der Waals surface area contributed by atoms with E-state index in [-0.39, 0.29) is 17.2 Å². The van der Waals surface area contributed by atoms with Gasteiger partial charge in [-0.05, 0) is 6.42 Å². The molecule has 0 saturated carbocycles. The van der Waals surface area contributed by atoms with Gasteiger partial charge in [0.05, 0.1) is 11.5 Å². The molecule has 1 aromatic heterocycles. The third-order valence-electron chi connectivity index (χ3n) is 2.83. The summed E-state index contributed by atoms with van der Waals surface area (Å²) in [5.41, 5.74) is -0.847. The first kappa shape index (κ1) is 11.1. The number of aromatic nitrogens is 1. The predicted molar refractivity (Wildman–Crippen MR) is 54.1 cm³/mol. The van der Waals surface area contributed by atoms with Gasteiger partial charge in [-0.15, -0.1) is 0 Å². The van der Waals surface area contributed by atoms with Crippen LogP contribution in [0.25, 0.3) is 0 Å². The third-order valence-corrected chi connectivity index (χ3v) is 4.73. The average molecular weight is 245 g/mol. The standard InChI is InChI=1S/C9H11NO5S/c1-9(2-3-16(13,14)5-9)7-4-6(8(11)12)10-15-7/h4H,2-3,5H2,1H3,(H,11,12). The molecule has 0 amide bonds. The van der Waals surface area contributed by atoms with Crippen LogP contribution in [0, 0.1) is 0 Å². The van der Waals surface area contributed by atoms with Gasteiger partial charge >= 0.3 is 5.97 Å². The molecule has 2 heterocycles. The number of carboxylic acids is 1. The van der Waals surface area contributed by atoms with E-state index in [2.05, 4.69) is 5.16 Å². The van der Waals surface area contributed by atoms with E-state index in [1.165, 1.54) is 6.07 Å². The molecule has 0 aromatic carbocycles.